The highest BCUT2D eigenvalue weighted by Crippen LogP contribution is 2.39. The van der Waals surface area contributed by atoms with Gasteiger partial charge in [-0.15, -0.1) is 0 Å². The summed E-state index contributed by atoms with van der Waals surface area (Å²) in [7, 11) is 3.69. The van der Waals surface area contributed by atoms with Gasteiger partial charge in [-0.25, -0.2) is 9.97 Å². The fraction of sp³-hybridized carbons (Fsp3) is 0.269. The Hall–Kier alpha value is -4.47. The van der Waals surface area contributed by atoms with Crippen LogP contribution < -0.4 is 10.6 Å². The van der Waals surface area contributed by atoms with Gasteiger partial charge in [0.15, 0.2) is 0 Å². The molecule has 5 aromatic rings. The van der Waals surface area contributed by atoms with Gasteiger partial charge in [-0.1, -0.05) is 18.2 Å². The lowest BCUT2D eigenvalue weighted by molar-refractivity contribution is 0.0930. The first-order valence-corrected chi connectivity index (χ1v) is 12.0. The third-order valence-electron chi connectivity index (χ3n) is 6.55. The fourth-order valence-electron chi connectivity index (χ4n) is 4.44. The molecule has 10 heteroatoms. The molecule has 1 atom stereocenters. The fourth-order valence-corrected chi connectivity index (χ4v) is 4.44. The second-order valence-electron chi connectivity index (χ2n) is 9.22. The van der Waals surface area contributed by atoms with E-state index in [1.54, 1.807) is 16.9 Å². The minimum Gasteiger partial charge on any atom is -0.373 e. The molecular weight excluding hydrogens is 454 g/mol. The zero-order valence-electron chi connectivity index (χ0n) is 20.1. The second-order valence-corrected chi connectivity index (χ2v) is 9.22. The molecule has 0 saturated heterocycles. The Kier molecular flexibility index (Phi) is 5.48. The summed E-state index contributed by atoms with van der Waals surface area (Å²) in [6, 6.07) is 11.5. The molecule has 0 spiro atoms. The molecule has 1 saturated carbocycles. The summed E-state index contributed by atoms with van der Waals surface area (Å²) in [4.78, 5) is 26.3. The number of para-hydroxylation sites is 1. The van der Waals surface area contributed by atoms with Gasteiger partial charge in [-0.2, -0.15) is 10.2 Å². The number of benzene rings is 1. The Morgan fingerprint density at radius 1 is 1.22 bits per heavy atom. The third-order valence-corrected chi connectivity index (χ3v) is 6.55. The van der Waals surface area contributed by atoms with Crippen LogP contribution in [-0.2, 0) is 13.5 Å². The number of H-pyrrole nitrogens is 2. The molecule has 4 N–H and O–H groups in total. The number of fused-ring (bicyclic) bond motifs is 1. The van der Waals surface area contributed by atoms with Crippen LogP contribution in [0.4, 0.5) is 5.82 Å². The minimum atomic E-state index is -0.366. The Morgan fingerprint density at radius 3 is 2.86 bits per heavy atom. The van der Waals surface area contributed by atoms with Crippen molar-refractivity contribution in [3.8, 4) is 11.3 Å². The van der Waals surface area contributed by atoms with E-state index in [1.807, 2.05) is 50.8 Å². The largest absolute Gasteiger partial charge is 0.373 e. The van der Waals surface area contributed by atoms with Crippen LogP contribution in [0.3, 0.4) is 0 Å². The third kappa shape index (κ3) is 4.33. The van der Waals surface area contributed by atoms with Gasteiger partial charge < -0.3 is 15.6 Å². The molecule has 1 aromatic carbocycles. The average molecular weight is 482 g/mol. The van der Waals surface area contributed by atoms with E-state index in [0.717, 1.165) is 52.2 Å². The van der Waals surface area contributed by atoms with Crippen molar-refractivity contribution in [2.75, 3.05) is 12.4 Å². The molecule has 1 aliphatic rings. The highest BCUT2D eigenvalue weighted by atomic mass is 16.2. The van der Waals surface area contributed by atoms with Gasteiger partial charge in [0.25, 0.3) is 5.91 Å². The van der Waals surface area contributed by atoms with E-state index in [1.165, 1.54) is 0 Å². The number of aromatic nitrogens is 7. The molecule has 0 aliphatic heterocycles. The number of amides is 1. The number of anilines is 1. The summed E-state index contributed by atoms with van der Waals surface area (Å²) >= 11 is 0. The molecule has 1 unspecified atom stereocenters. The second kappa shape index (κ2) is 8.95. The molecule has 36 heavy (non-hydrogen) atoms. The molecule has 0 bridgehead atoms. The number of nitrogens with one attached hydrogen (secondary N) is 4. The van der Waals surface area contributed by atoms with Gasteiger partial charge in [0.1, 0.15) is 17.3 Å². The highest BCUT2D eigenvalue weighted by molar-refractivity contribution is 5.93. The van der Waals surface area contributed by atoms with Crippen molar-refractivity contribution in [1.82, 2.24) is 40.2 Å². The normalized spacial score (nSPS) is 14.2. The smallest absolute Gasteiger partial charge is 0.269 e. The first kappa shape index (κ1) is 22.0. The van der Waals surface area contributed by atoms with Crippen molar-refractivity contribution in [3.05, 3.63) is 77.8 Å². The maximum atomic E-state index is 13.4. The summed E-state index contributed by atoms with van der Waals surface area (Å²) in [6.07, 6.45) is 8.34. The number of aryl methyl sites for hydroxylation is 1. The summed E-state index contributed by atoms with van der Waals surface area (Å²) in [6.45, 7) is 0. The maximum absolute atomic E-state index is 13.4. The van der Waals surface area contributed by atoms with Crippen LogP contribution in [0.5, 0.6) is 0 Å². The summed E-state index contributed by atoms with van der Waals surface area (Å²) in [5.41, 5.74) is 4.83. The predicted molar refractivity (Wildman–Crippen MR) is 137 cm³/mol. The zero-order valence-corrected chi connectivity index (χ0v) is 20.1. The first-order valence-electron chi connectivity index (χ1n) is 12.0. The van der Waals surface area contributed by atoms with Gasteiger partial charge in [0, 0.05) is 61.4 Å². The minimum absolute atomic E-state index is 0.250. The van der Waals surface area contributed by atoms with Gasteiger partial charge >= 0.3 is 0 Å². The molecule has 1 fully saturated rings. The molecule has 4 aromatic heterocycles. The number of carbonyl (C=O) groups is 1. The Morgan fingerprint density at radius 2 is 2.08 bits per heavy atom. The SMILES string of the molecule is CNc1cc(C(Cc2c[nH]c3ccccc23)NC(=O)c2cc(-c3cnn(C)c3)n[nH]2)nc(C2CC2)n1. The van der Waals surface area contributed by atoms with Gasteiger partial charge in [-0.3, -0.25) is 14.6 Å². The van der Waals surface area contributed by atoms with Crippen LogP contribution in [0.2, 0.25) is 0 Å². The Bertz CT molecular complexity index is 1540. The molecule has 1 amide bonds. The Balaban J connectivity index is 1.33. The monoisotopic (exact) mass is 481 g/mol. The number of aromatic amines is 2. The van der Waals surface area contributed by atoms with Crippen molar-refractivity contribution in [1.29, 1.82) is 0 Å². The summed E-state index contributed by atoms with van der Waals surface area (Å²) in [5, 5.41) is 18.8. The van der Waals surface area contributed by atoms with Crippen molar-refractivity contribution < 1.29 is 4.79 Å². The number of hydrogen-bond donors (Lipinski definition) is 4. The van der Waals surface area contributed by atoms with E-state index < -0.39 is 0 Å². The lowest BCUT2D eigenvalue weighted by atomic mass is 10.0. The molecule has 10 nitrogen and oxygen atoms in total. The van der Waals surface area contributed by atoms with E-state index in [4.69, 9.17) is 4.98 Å². The lowest BCUT2D eigenvalue weighted by Crippen LogP contribution is -2.31. The zero-order chi connectivity index (χ0) is 24.6. The van der Waals surface area contributed by atoms with Gasteiger partial charge in [0.2, 0.25) is 0 Å². The quantitative estimate of drug-likeness (QED) is 0.267. The van der Waals surface area contributed by atoms with Gasteiger partial charge in [-0.05, 0) is 30.5 Å². The molecule has 0 radical (unpaired) electrons. The van der Waals surface area contributed by atoms with Crippen LogP contribution in [0.1, 0.15) is 52.4 Å². The topological polar surface area (TPSA) is 129 Å². The lowest BCUT2D eigenvalue weighted by Gasteiger charge is -2.19. The Labute approximate surface area is 207 Å². The average Bonchev–Trinajstić information content (AvgIpc) is 3.26. The van der Waals surface area contributed by atoms with Crippen molar-refractivity contribution >= 4 is 22.6 Å². The van der Waals surface area contributed by atoms with E-state index in [2.05, 4.69) is 42.0 Å². The standard InChI is InChI=1S/C26H27N9O/c1-27-24-11-22(30-25(32-24)15-7-8-15)21(9-16-12-28-19-6-4-3-5-18(16)19)31-26(36)23-10-20(33-34-23)17-13-29-35(2)14-17/h3-6,10-15,21,28H,7-9H2,1-2H3,(H,31,36)(H,33,34)(H,27,30,32). The van der Waals surface area contributed by atoms with Crippen LogP contribution in [0.15, 0.2) is 55.0 Å². The van der Waals surface area contributed by atoms with E-state index in [0.29, 0.717) is 23.7 Å². The number of hydrogen-bond acceptors (Lipinski definition) is 6. The van der Waals surface area contributed by atoms with Crippen LogP contribution >= 0.6 is 0 Å². The maximum Gasteiger partial charge on any atom is 0.269 e. The predicted octanol–water partition coefficient (Wildman–Crippen LogP) is 3.71. The summed E-state index contributed by atoms with van der Waals surface area (Å²) < 4.78 is 1.70. The molecule has 6 rings (SSSR count). The first-order chi connectivity index (χ1) is 17.6. The van der Waals surface area contributed by atoms with E-state index in [9.17, 15) is 4.79 Å². The van der Waals surface area contributed by atoms with Crippen LogP contribution in [-0.4, -0.2) is 47.9 Å². The van der Waals surface area contributed by atoms with Crippen molar-refractivity contribution in [2.24, 2.45) is 7.05 Å². The van der Waals surface area contributed by atoms with Crippen molar-refractivity contribution in [3.63, 3.8) is 0 Å². The van der Waals surface area contributed by atoms with Crippen molar-refractivity contribution in [2.45, 2.75) is 31.2 Å². The number of rotatable bonds is 8. The van der Waals surface area contributed by atoms with Crippen LogP contribution in [0.25, 0.3) is 22.2 Å². The summed E-state index contributed by atoms with van der Waals surface area (Å²) in [5.74, 6) is 1.71. The van der Waals surface area contributed by atoms with E-state index >= 15 is 0 Å². The molecular formula is C26H27N9O. The molecule has 1 aliphatic carbocycles. The number of carbonyl (C=O) groups excluding carboxylic acids is 1. The number of nitrogens with zero attached hydrogens (tertiary/aromatic N) is 5. The highest BCUT2D eigenvalue weighted by Gasteiger charge is 2.29. The molecule has 4 heterocycles. The molecule has 182 valence electrons. The van der Waals surface area contributed by atoms with Crippen LogP contribution in [0, 0.1) is 0 Å². The van der Waals surface area contributed by atoms with Gasteiger partial charge in [0.05, 0.1) is 23.6 Å². The van der Waals surface area contributed by atoms with E-state index in [-0.39, 0.29) is 11.9 Å².